The second-order valence-electron chi connectivity index (χ2n) is 11.9. The SMILES string of the molecule is CC[C@H]1[C@@H](O)C2C3CC[C@H]([C@H](C)CC(=O)OC)[C@@]3(C)CCC2[C@@]2(C)CC[C@@H](O)C[C@@H]12. The fourth-order valence-electron chi connectivity index (χ4n) is 9.42. The van der Waals surface area contributed by atoms with E-state index < -0.39 is 0 Å². The van der Waals surface area contributed by atoms with Crippen LogP contribution in [0.1, 0.15) is 85.5 Å². The van der Waals surface area contributed by atoms with Crippen LogP contribution < -0.4 is 0 Å². The standard InChI is InChI=1S/C26H44O4/c1-6-17-21-14-16(27)9-11-26(21,4)20-10-12-25(3)18(15(2)13-22(28)30-5)7-8-19(25)23(20)24(17)29/h15-21,23-24,27,29H,6-14H2,1-5H3/t15-,16-,17-,18-,19?,20?,21+,23?,24-,25-,26-/m1/s1. The van der Waals surface area contributed by atoms with Gasteiger partial charge in [0.2, 0.25) is 0 Å². The number of rotatable bonds is 4. The number of carbonyl (C=O) groups excluding carboxylic acids is 1. The number of carbonyl (C=O) groups is 1. The summed E-state index contributed by atoms with van der Waals surface area (Å²) in [5.74, 6) is 3.02. The van der Waals surface area contributed by atoms with Gasteiger partial charge in [0.1, 0.15) is 0 Å². The first-order valence-corrected chi connectivity index (χ1v) is 12.6. The number of ether oxygens (including phenoxy) is 1. The van der Waals surface area contributed by atoms with Crippen molar-refractivity contribution in [3.05, 3.63) is 0 Å². The van der Waals surface area contributed by atoms with E-state index in [2.05, 4.69) is 27.7 Å². The Kier molecular flexibility index (Phi) is 6.07. The van der Waals surface area contributed by atoms with Gasteiger partial charge in [0.15, 0.2) is 0 Å². The van der Waals surface area contributed by atoms with Crippen molar-refractivity contribution in [1.82, 2.24) is 0 Å². The number of fused-ring (bicyclic) bond motifs is 5. The fraction of sp³-hybridized carbons (Fsp3) is 0.962. The Hall–Kier alpha value is -0.610. The molecule has 4 rings (SSSR count). The van der Waals surface area contributed by atoms with Crippen LogP contribution in [0.3, 0.4) is 0 Å². The van der Waals surface area contributed by atoms with Crippen LogP contribution >= 0.6 is 0 Å². The lowest BCUT2D eigenvalue weighted by molar-refractivity contribution is -0.203. The van der Waals surface area contributed by atoms with E-state index in [9.17, 15) is 15.0 Å². The number of hydrogen-bond acceptors (Lipinski definition) is 4. The van der Waals surface area contributed by atoms with Gasteiger partial charge in [-0.2, -0.15) is 0 Å². The molecule has 3 unspecified atom stereocenters. The summed E-state index contributed by atoms with van der Waals surface area (Å²) in [4.78, 5) is 11.9. The molecule has 0 spiro atoms. The number of esters is 1. The number of aliphatic hydroxyl groups is 2. The van der Waals surface area contributed by atoms with Gasteiger partial charge in [-0.1, -0.05) is 34.1 Å². The lowest BCUT2D eigenvalue weighted by Crippen LogP contribution is -2.62. The minimum Gasteiger partial charge on any atom is -0.469 e. The molecule has 30 heavy (non-hydrogen) atoms. The van der Waals surface area contributed by atoms with Crippen molar-refractivity contribution in [3.8, 4) is 0 Å². The van der Waals surface area contributed by atoms with Gasteiger partial charge in [-0.25, -0.2) is 0 Å². The maximum Gasteiger partial charge on any atom is 0.305 e. The summed E-state index contributed by atoms with van der Waals surface area (Å²) in [5, 5.41) is 22.1. The Bertz CT molecular complexity index is 649. The third-order valence-corrected chi connectivity index (χ3v) is 10.9. The molecule has 11 atom stereocenters. The first kappa shape index (κ1) is 22.6. The maximum atomic E-state index is 11.9. The molecule has 0 aliphatic heterocycles. The third-order valence-electron chi connectivity index (χ3n) is 10.9. The van der Waals surface area contributed by atoms with E-state index in [0.717, 1.165) is 25.7 Å². The Balaban J connectivity index is 1.63. The zero-order valence-corrected chi connectivity index (χ0v) is 19.8. The van der Waals surface area contributed by atoms with Gasteiger partial charge >= 0.3 is 5.97 Å². The van der Waals surface area contributed by atoms with Crippen LogP contribution in [0.2, 0.25) is 0 Å². The molecule has 4 heteroatoms. The highest BCUT2D eigenvalue weighted by atomic mass is 16.5. The number of methoxy groups -OCH3 is 1. The molecule has 2 N–H and O–H groups in total. The smallest absolute Gasteiger partial charge is 0.305 e. The molecule has 0 heterocycles. The summed E-state index contributed by atoms with van der Waals surface area (Å²) < 4.78 is 4.96. The van der Waals surface area contributed by atoms with E-state index in [-0.39, 0.29) is 29.0 Å². The lowest BCUT2D eigenvalue weighted by Gasteiger charge is -2.64. The van der Waals surface area contributed by atoms with E-state index in [1.54, 1.807) is 0 Å². The predicted octanol–water partition coefficient (Wildman–Crippen LogP) is 4.81. The van der Waals surface area contributed by atoms with Crippen LogP contribution in [-0.4, -0.2) is 35.5 Å². The molecule has 4 aliphatic rings. The number of hydrogen-bond donors (Lipinski definition) is 2. The van der Waals surface area contributed by atoms with Crippen molar-refractivity contribution in [2.45, 2.75) is 97.7 Å². The van der Waals surface area contributed by atoms with Gasteiger partial charge in [0.05, 0.1) is 19.3 Å². The summed E-state index contributed by atoms with van der Waals surface area (Å²) in [7, 11) is 1.49. The summed E-state index contributed by atoms with van der Waals surface area (Å²) in [6, 6.07) is 0. The lowest BCUT2D eigenvalue weighted by atomic mass is 9.41. The molecular weight excluding hydrogens is 376 g/mol. The topological polar surface area (TPSA) is 66.8 Å². The van der Waals surface area contributed by atoms with Crippen molar-refractivity contribution < 1.29 is 19.7 Å². The van der Waals surface area contributed by atoms with Crippen LogP contribution in [-0.2, 0) is 9.53 Å². The van der Waals surface area contributed by atoms with Crippen molar-refractivity contribution >= 4 is 5.97 Å². The van der Waals surface area contributed by atoms with Gasteiger partial charge < -0.3 is 14.9 Å². The Morgan fingerprint density at radius 3 is 2.37 bits per heavy atom. The number of aliphatic hydroxyl groups excluding tert-OH is 2. The van der Waals surface area contributed by atoms with Gasteiger partial charge in [0.25, 0.3) is 0 Å². The van der Waals surface area contributed by atoms with Crippen molar-refractivity contribution in [3.63, 3.8) is 0 Å². The quantitative estimate of drug-likeness (QED) is 0.640. The zero-order valence-electron chi connectivity index (χ0n) is 19.8. The maximum absolute atomic E-state index is 11.9. The molecule has 172 valence electrons. The van der Waals surface area contributed by atoms with E-state index >= 15 is 0 Å². The van der Waals surface area contributed by atoms with E-state index in [4.69, 9.17) is 4.74 Å². The molecule has 4 saturated carbocycles. The molecule has 0 aromatic carbocycles. The highest BCUT2D eigenvalue weighted by Gasteiger charge is 2.64. The molecule has 0 bridgehead atoms. The third kappa shape index (κ3) is 3.27. The molecule has 0 amide bonds. The molecular formula is C26H44O4. The first-order chi connectivity index (χ1) is 14.2. The van der Waals surface area contributed by atoms with E-state index in [1.165, 1.54) is 32.8 Å². The van der Waals surface area contributed by atoms with Crippen molar-refractivity contribution in [1.29, 1.82) is 0 Å². The van der Waals surface area contributed by atoms with Crippen LogP contribution in [0.15, 0.2) is 0 Å². The van der Waals surface area contributed by atoms with Gasteiger partial charge in [-0.05, 0) is 97.2 Å². The van der Waals surface area contributed by atoms with E-state index in [0.29, 0.717) is 47.8 Å². The molecule has 0 radical (unpaired) electrons. The molecule has 4 fully saturated rings. The Morgan fingerprint density at radius 1 is 1.03 bits per heavy atom. The minimum atomic E-state index is -0.248. The molecule has 4 nitrogen and oxygen atoms in total. The van der Waals surface area contributed by atoms with Gasteiger partial charge in [-0.15, -0.1) is 0 Å². The largest absolute Gasteiger partial charge is 0.469 e. The minimum absolute atomic E-state index is 0.0944. The normalized spacial score (nSPS) is 51.4. The molecule has 4 aliphatic carbocycles. The average molecular weight is 421 g/mol. The van der Waals surface area contributed by atoms with Gasteiger partial charge in [-0.3, -0.25) is 4.79 Å². The highest BCUT2D eigenvalue weighted by molar-refractivity contribution is 5.69. The molecule has 0 aromatic heterocycles. The fourth-order valence-corrected chi connectivity index (χ4v) is 9.42. The Labute approximate surface area is 183 Å². The van der Waals surface area contributed by atoms with E-state index in [1.807, 2.05) is 0 Å². The van der Waals surface area contributed by atoms with Gasteiger partial charge in [0, 0.05) is 6.42 Å². The second kappa shape index (κ2) is 8.06. The predicted molar refractivity (Wildman–Crippen MR) is 118 cm³/mol. The first-order valence-electron chi connectivity index (χ1n) is 12.6. The zero-order chi connectivity index (χ0) is 21.8. The summed E-state index contributed by atoms with van der Waals surface area (Å²) in [6.45, 7) is 9.41. The summed E-state index contributed by atoms with van der Waals surface area (Å²) >= 11 is 0. The van der Waals surface area contributed by atoms with Crippen LogP contribution in [0, 0.1) is 52.3 Å². The summed E-state index contributed by atoms with van der Waals surface area (Å²) in [6.07, 6.45) is 8.73. The molecule has 0 aromatic rings. The van der Waals surface area contributed by atoms with Crippen molar-refractivity contribution in [2.75, 3.05) is 7.11 Å². The highest BCUT2D eigenvalue weighted by Crippen LogP contribution is 2.69. The average Bonchev–Trinajstić information content (AvgIpc) is 3.06. The summed E-state index contributed by atoms with van der Waals surface area (Å²) in [5.41, 5.74) is 0.464. The van der Waals surface area contributed by atoms with Crippen molar-refractivity contribution in [2.24, 2.45) is 52.3 Å². The Morgan fingerprint density at radius 2 is 1.70 bits per heavy atom. The van der Waals surface area contributed by atoms with Crippen LogP contribution in [0.5, 0.6) is 0 Å². The second-order valence-corrected chi connectivity index (χ2v) is 11.9. The molecule has 0 saturated heterocycles. The van der Waals surface area contributed by atoms with Crippen LogP contribution in [0.25, 0.3) is 0 Å². The monoisotopic (exact) mass is 420 g/mol. The van der Waals surface area contributed by atoms with Crippen LogP contribution in [0.4, 0.5) is 0 Å².